The van der Waals surface area contributed by atoms with Crippen molar-refractivity contribution in [1.82, 2.24) is 4.90 Å². The van der Waals surface area contributed by atoms with Crippen molar-refractivity contribution in [3.63, 3.8) is 0 Å². The summed E-state index contributed by atoms with van der Waals surface area (Å²) in [6.45, 7) is 1.36. The molecule has 3 rings (SSSR count). The Hall–Kier alpha value is -1.98. The van der Waals surface area contributed by atoms with Crippen LogP contribution in [0.15, 0.2) is 18.2 Å². The average molecular weight is 308 g/mol. The van der Waals surface area contributed by atoms with Crippen molar-refractivity contribution in [3.05, 3.63) is 29.8 Å². The van der Waals surface area contributed by atoms with Crippen LogP contribution < -0.4 is 5.32 Å². The second-order valence-electron chi connectivity index (χ2n) is 6.01. The van der Waals surface area contributed by atoms with Crippen molar-refractivity contribution in [3.8, 4) is 0 Å². The zero-order valence-corrected chi connectivity index (χ0v) is 12.2. The van der Waals surface area contributed by atoms with Gasteiger partial charge in [0.25, 0.3) is 0 Å². The number of carbonyl (C=O) groups is 2. The Labute approximate surface area is 127 Å². The number of anilines is 1. The third-order valence-electron chi connectivity index (χ3n) is 4.42. The Bertz CT molecular complexity index is 608. The highest BCUT2D eigenvalue weighted by Gasteiger charge is 2.58. The van der Waals surface area contributed by atoms with Gasteiger partial charge in [-0.1, -0.05) is 0 Å². The largest absolute Gasteiger partial charge is 0.342 e. The number of hydrogen-bond donors (Lipinski definition) is 1. The van der Waals surface area contributed by atoms with Gasteiger partial charge in [-0.25, -0.2) is 8.78 Å². The standard InChI is InChI=1S/C16H18F2N2O2/c17-11-4-5-13(12(18)10-11)19-14(21)16(6-7-16)15(22)20-8-2-1-3-9-20/h4-5,10H,1-3,6-9H2,(H,19,21). The van der Waals surface area contributed by atoms with Gasteiger partial charge in [-0.05, 0) is 44.2 Å². The first-order valence-electron chi connectivity index (χ1n) is 7.59. The fraction of sp³-hybridized carbons (Fsp3) is 0.500. The van der Waals surface area contributed by atoms with Gasteiger partial charge in [-0.3, -0.25) is 9.59 Å². The maximum absolute atomic E-state index is 13.6. The number of piperidine rings is 1. The molecule has 0 unspecified atom stereocenters. The van der Waals surface area contributed by atoms with E-state index in [1.54, 1.807) is 4.90 Å². The second kappa shape index (κ2) is 5.66. The second-order valence-corrected chi connectivity index (χ2v) is 6.01. The molecular formula is C16H18F2N2O2. The molecule has 1 saturated carbocycles. The van der Waals surface area contributed by atoms with E-state index in [1.807, 2.05) is 0 Å². The molecule has 6 heteroatoms. The molecule has 1 aromatic carbocycles. The normalized spacial score (nSPS) is 19.6. The van der Waals surface area contributed by atoms with Crippen LogP contribution in [-0.2, 0) is 9.59 Å². The molecule has 118 valence electrons. The van der Waals surface area contributed by atoms with Crippen molar-refractivity contribution < 1.29 is 18.4 Å². The predicted octanol–water partition coefficient (Wildman–Crippen LogP) is 2.70. The Kier molecular flexibility index (Phi) is 3.85. The molecule has 1 aromatic rings. The van der Waals surface area contributed by atoms with Crippen molar-refractivity contribution >= 4 is 17.5 Å². The van der Waals surface area contributed by atoms with Crippen LogP contribution in [0, 0.1) is 17.0 Å². The molecular weight excluding hydrogens is 290 g/mol. The summed E-state index contributed by atoms with van der Waals surface area (Å²) >= 11 is 0. The monoisotopic (exact) mass is 308 g/mol. The van der Waals surface area contributed by atoms with Gasteiger partial charge in [0.05, 0.1) is 5.69 Å². The van der Waals surface area contributed by atoms with Crippen LogP contribution >= 0.6 is 0 Å². The number of halogens is 2. The van der Waals surface area contributed by atoms with E-state index in [0.29, 0.717) is 32.0 Å². The van der Waals surface area contributed by atoms with E-state index in [9.17, 15) is 18.4 Å². The molecule has 2 aliphatic rings. The van der Waals surface area contributed by atoms with Gasteiger partial charge in [0.2, 0.25) is 11.8 Å². The topological polar surface area (TPSA) is 49.4 Å². The zero-order valence-electron chi connectivity index (χ0n) is 12.2. The van der Waals surface area contributed by atoms with E-state index in [4.69, 9.17) is 0 Å². The van der Waals surface area contributed by atoms with E-state index >= 15 is 0 Å². The summed E-state index contributed by atoms with van der Waals surface area (Å²) < 4.78 is 26.5. The quantitative estimate of drug-likeness (QED) is 0.873. The van der Waals surface area contributed by atoms with E-state index in [0.717, 1.165) is 25.3 Å². The molecule has 0 spiro atoms. The van der Waals surface area contributed by atoms with Gasteiger partial charge >= 0.3 is 0 Å². The molecule has 22 heavy (non-hydrogen) atoms. The van der Waals surface area contributed by atoms with Gasteiger partial charge in [0.15, 0.2) is 0 Å². The Morgan fingerprint density at radius 3 is 2.36 bits per heavy atom. The number of likely N-dealkylation sites (tertiary alicyclic amines) is 1. The highest BCUT2D eigenvalue weighted by Crippen LogP contribution is 2.48. The third kappa shape index (κ3) is 2.69. The highest BCUT2D eigenvalue weighted by atomic mass is 19.1. The molecule has 0 bridgehead atoms. The van der Waals surface area contributed by atoms with Gasteiger partial charge < -0.3 is 10.2 Å². The molecule has 4 nitrogen and oxygen atoms in total. The summed E-state index contributed by atoms with van der Waals surface area (Å²) in [6.07, 6.45) is 3.98. The van der Waals surface area contributed by atoms with Crippen LogP contribution in [0.5, 0.6) is 0 Å². The summed E-state index contributed by atoms with van der Waals surface area (Å²) in [5, 5.41) is 2.43. The van der Waals surface area contributed by atoms with E-state index in [-0.39, 0.29) is 11.6 Å². The lowest BCUT2D eigenvalue weighted by molar-refractivity contribution is -0.143. The maximum atomic E-state index is 13.6. The summed E-state index contributed by atoms with van der Waals surface area (Å²) in [6, 6.07) is 2.95. The Morgan fingerprint density at radius 2 is 1.77 bits per heavy atom. The highest BCUT2D eigenvalue weighted by molar-refractivity contribution is 6.13. The number of nitrogens with one attached hydrogen (secondary N) is 1. The minimum atomic E-state index is -1.06. The average Bonchev–Trinajstić information content (AvgIpc) is 3.32. The number of hydrogen-bond acceptors (Lipinski definition) is 2. The third-order valence-corrected chi connectivity index (χ3v) is 4.42. The van der Waals surface area contributed by atoms with Gasteiger partial charge in [-0.2, -0.15) is 0 Å². The van der Waals surface area contributed by atoms with E-state index in [2.05, 4.69) is 5.32 Å². The molecule has 0 radical (unpaired) electrons. The summed E-state index contributed by atoms with van der Waals surface area (Å²) in [5.74, 6) is -2.20. The lowest BCUT2D eigenvalue weighted by atomic mass is 10.0. The van der Waals surface area contributed by atoms with Crippen molar-refractivity contribution in [2.75, 3.05) is 18.4 Å². The number of benzene rings is 1. The molecule has 2 amide bonds. The van der Waals surface area contributed by atoms with Crippen LogP contribution in [0.25, 0.3) is 0 Å². The number of rotatable bonds is 3. The van der Waals surface area contributed by atoms with Crippen LogP contribution in [0.1, 0.15) is 32.1 Å². The van der Waals surface area contributed by atoms with Crippen LogP contribution in [-0.4, -0.2) is 29.8 Å². The molecule has 0 atom stereocenters. The first-order chi connectivity index (χ1) is 10.5. The fourth-order valence-electron chi connectivity index (χ4n) is 2.90. The van der Waals surface area contributed by atoms with Gasteiger partial charge in [0, 0.05) is 19.2 Å². The lowest BCUT2D eigenvalue weighted by Gasteiger charge is -2.30. The van der Waals surface area contributed by atoms with Gasteiger partial charge in [0.1, 0.15) is 17.0 Å². The molecule has 1 aliphatic carbocycles. The van der Waals surface area contributed by atoms with Crippen molar-refractivity contribution in [2.24, 2.45) is 5.41 Å². The van der Waals surface area contributed by atoms with Crippen LogP contribution in [0.4, 0.5) is 14.5 Å². The minimum Gasteiger partial charge on any atom is -0.342 e. The Balaban J connectivity index is 1.72. The van der Waals surface area contributed by atoms with Crippen molar-refractivity contribution in [1.29, 1.82) is 0 Å². The molecule has 0 aromatic heterocycles. The number of amides is 2. The number of carbonyl (C=O) groups excluding carboxylic acids is 2. The molecule has 2 fully saturated rings. The Morgan fingerprint density at radius 1 is 1.09 bits per heavy atom. The zero-order chi connectivity index (χ0) is 15.7. The summed E-state index contributed by atoms with van der Waals surface area (Å²) in [5.41, 5.74) is -1.15. The fourth-order valence-corrected chi connectivity index (χ4v) is 2.90. The van der Waals surface area contributed by atoms with E-state index in [1.165, 1.54) is 6.07 Å². The first-order valence-corrected chi connectivity index (χ1v) is 7.59. The smallest absolute Gasteiger partial charge is 0.240 e. The van der Waals surface area contributed by atoms with E-state index < -0.39 is 23.0 Å². The summed E-state index contributed by atoms with van der Waals surface area (Å²) in [7, 11) is 0. The number of nitrogens with zero attached hydrogens (tertiary/aromatic N) is 1. The SMILES string of the molecule is O=C(Nc1ccc(F)cc1F)C1(C(=O)N2CCCCC2)CC1. The minimum absolute atomic E-state index is 0.0934. The predicted molar refractivity (Wildman–Crippen MR) is 77.1 cm³/mol. The van der Waals surface area contributed by atoms with Crippen LogP contribution in [0.3, 0.4) is 0 Å². The maximum Gasteiger partial charge on any atom is 0.240 e. The summed E-state index contributed by atoms with van der Waals surface area (Å²) in [4.78, 5) is 26.7. The van der Waals surface area contributed by atoms with Crippen LogP contribution in [0.2, 0.25) is 0 Å². The molecule has 1 N–H and O–H groups in total. The molecule has 1 heterocycles. The first kappa shape index (κ1) is 14.9. The lowest BCUT2D eigenvalue weighted by Crippen LogP contribution is -2.45. The molecule has 1 saturated heterocycles. The van der Waals surface area contributed by atoms with Crippen molar-refractivity contribution in [2.45, 2.75) is 32.1 Å². The van der Waals surface area contributed by atoms with Gasteiger partial charge in [-0.15, -0.1) is 0 Å². The molecule has 1 aliphatic heterocycles.